The maximum atomic E-state index is 13.6. The number of halogens is 1. The lowest BCUT2D eigenvalue weighted by Crippen LogP contribution is -2.48. The molecule has 0 saturated carbocycles. The highest BCUT2D eigenvalue weighted by Crippen LogP contribution is 2.28. The summed E-state index contributed by atoms with van der Waals surface area (Å²) in [6.45, 7) is 3.00. The number of piperidine rings is 1. The van der Waals surface area contributed by atoms with Gasteiger partial charge >= 0.3 is 0 Å². The second-order valence-electron chi connectivity index (χ2n) is 7.77. The second kappa shape index (κ2) is 8.19. The Morgan fingerprint density at radius 1 is 1.29 bits per heavy atom. The fourth-order valence-electron chi connectivity index (χ4n) is 4.18. The summed E-state index contributed by atoms with van der Waals surface area (Å²) < 4.78 is 13.6. The van der Waals surface area contributed by atoms with Gasteiger partial charge < -0.3 is 20.4 Å². The molecule has 5 nitrogen and oxygen atoms in total. The highest BCUT2D eigenvalue weighted by atomic mass is 19.1. The van der Waals surface area contributed by atoms with Crippen LogP contribution in [0.3, 0.4) is 0 Å². The van der Waals surface area contributed by atoms with E-state index in [-0.39, 0.29) is 11.9 Å². The van der Waals surface area contributed by atoms with Crippen LogP contribution in [0, 0.1) is 11.7 Å². The summed E-state index contributed by atoms with van der Waals surface area (Å²) in [5.41, 5.74) is 1.91. The number of nitrogens with one attached hydrogen (secondary N) is 2. The fraction of sp³-hybridized carbons (Fsp3) is 0.409. The largest absolute Gasteiger partial charge is 0.387 e. The molecule has 4 rings (SSSR count). The first-order valence-corrected chi connectivity index (χ1v) is 9.94. The number of aliphatic imine (C=N–C) groups is 1. The van der Waals surface area contributed by atoms with Crippen molar-refractivity contribution in [2.45, 2.75) is 18.9 Å². The van der Waals surface area contributed by atoms with E-state index in [2.05, 4.69) is 59.0 Å². The van der Waals surface area contributed by atoms with E-state index in [9.17, 15) is 4.39 Å². The SMILES string of the molecule is CN1CCCC(C2=NC(Nc3cccc(F)c3)=CC(C3=CNCC=C3)N2C)C1. The fourth-order valence-corrected chi connectivity index (χ4v) is 4.18. The van der Waals surface area contributed by atoms with Crippen molar-refractivity contribution in [1.82, 2.24) is 15.1 Å². The number of anilines is 1. The van der Waals surface area contributed by atoms with Crippen LogP contribution in [0.2, 0.25) is 0 Å². The summed E-state index contributed by atoms with van der Waals surface area (Å²) in [5, 5.41) is 6.62. The summed E-state index contributed by atoms with van der Waals surface area (Å²) in [5.74, 6) is 2.01. The average Bonchev–Trinajstić information content (AvgIpc) is 2.70. The molecule has 3 heterocycles. The molecule has 6 heteroatoms. The van der Waals surface area contributed by atoms with Crippen molar-refractivity contribution in [3.05, 3.63) is 65.9 Å². The van der Waals surface area contributed by atoms with Crippen molar-refractivity contribution in [2.24, 2.45) is 10.9 Å². The van der Waals surface area contributed by atoms with Gasteiger partial charge in [-0.2, -0.15) is 0 Å². The molecular formula is C22H28FN5. The molecule has 0 amide bonds. The first kappa shape index (κ1) is 18.7. The van der Waals surface area contributed by atoms with Gasteiger partial charge in [0.05, 0.1) is 6.04 Å². The Kier molecular flexibility index (Phi) is 5.48. The molecule has 1 aromatic rings. The molecule has 0 spiro atoms. The van der Waals surface area contributed by atoms with E-state index in [0.717, 1.165) is 37.7 Å². The van der Waals surface area contributed by atoms with Crippen molar-refractivity contribution >= 4 is 11.5 Å². The third kappa shape index (κ3) is 4.12. The zero-order valence-corrected chi connectivity index (χ0v) is 16.5. The van der Waals surface area contributed by atoms with E-state index in [1.807, 2.05) is 6.07 Å². The topological polar surface area (TPSA) is 42.9 Å². The molecule has 1 saturated heterocycles. The molecule has 2 atom stereocenters. The van der Waals surface area contributed by atoms with Gasteiger partial charge in [-0.05, 0) is 56.3 Å². The molecule has 0 aliphatic carbocycles. The summed E-state index contributed by atoms with van der Waals surface area (Å²) in [6.07, 6.45) is 10.8. The Morgan fingerprint density at radius 2 is 2.18 bits per heavy atom. The maximum Gasteiger partial charge on any atom is 0.130 e. The zero-order valence-electron chi connectivity index (χ0n) is 16.5. The number of amidine groups is 1. The number of rotatable bonds is 4. The minimum absolute atomic E-state index is 0.0832. The average molecular weight is 381 g/mol. The van der Waals surface area contributed by atoms with E-state index in [1.54, 1.807) is 6.07 Å². The third-order valence-electron chi connectivity index (χ3n) is 5.57. The highest BCUT2D eigenvalue weighted by Gasteiger charge is 2.31. The van der Waals surface area contributed by atoms with Crippen molar-refractivity contribution < 1.29 is 4.39 Å². The molecule has 2 N–H and O–H groups in total. The molecule has 148 valence electrons. The van der Waals surface area contributed by atoms with Gasteiger partial charge in [-0.15, -0.1) is 0 Å². The van der Waals surface area contributed by atoms with Crippen LogP contribution in [0.1, 0.15) is 12.8 Å². The number of likely N-dealkylation sites (tertiary alicyclic amines) is 1. The lowest BCUT2D eigenvalue weighted by atomic mass is 9.93. The van der Waals surface area contributed by atoms with Crippen LogP contribution in [-0.2, 0) is 0 Å². The monoisotopic (exact) mass is 381 g/mol. The molecule has 28 heavy (non-hydrogen) atoms. The zero-order chi connectivity index (χ0) is 19.5. The third-order valence-corrected chi connectivity index (χ3v) is 5.57. The molecule has 1 aromatic carbocycles. The molecule has 1 fully saturated rings. The molecule has 3 aliphatic heterocycles. The first-order chi connectivity index (χ1) is 13.6. The second-order valence-corrected chi connectivity index (χ2v) is 7.77. The Balaban J connectivity index is 1.66. The van der Waals surface area contributed by atoms with E-state index in [1.165, 1.54) is 24.1 Å². The van der Waals surface area contributed by atoms with E-state index < -0.39 is 0 Å². The van der Waals surface area contributed by atoms with Crippen LogP contribution in [0.4, 0.5) is 10.1 Å². The summed E-state index contributed by atoms with van der Waals surface area (Å²) in [6, 6.07) is 6.61. The number of dihydropyridines is 1. The summed E-state index contributed by atoms with van der Waals surface area (Å²) in [7, 11) is 4.29. The van der Waals surface area contributed by atoms with Crippen molar-refractivity contribution in [1.29, 1.82) is 0 Å². The first-order valence-electron chi connectivity index (χ1n) is 9.94. The molecule has 0 aromatic heterocycles. The predicted molar refractivity (Wildman–Crippen MR) is 113 cm³/mol. The van der Waals surface area contributed by atoms with Gasteiger partial charge in [0.2, 0.25) is 0 Å². The summed E-state index contributed by atoms with van der Waals surface area (Å²) >= 11 is 0. The summed E-state index contributed by atoms with van der Waals surface area (Å²) in [4.78, 5) is 9.62. The van der Waals surface area contributed by atoms with Gasteiger partial charge in [0.25, 0.3) is 0 Å². The highest BCUT2D eigenvalue weighted by molar-refractivity contribution is 5.88. The minimum Gasteiger partial charge on any atom is -0.387 e. The van der Waals surface area contributed by atoms with E-state index in [0.29, 0.717) is 11.6 Å². The lowest BCUT2D eigenvalue weighted by Gasteiger charge is -2.40. The van der Waals surface area contributed by atoms with Gasteiger partial charge in [0.1, 0.15) is 17.5 Å². The van der Waals surface area contributed by atoms with Gasteiger partial charge in [0, 0.05) is 37.9 Å². The quantitative estimate of drug-likeness (QED) is 0.841. The Labute approximate surface area is 166 Å². The Hall–Kier alpha value is -2.60. The minimum atomic E-state index is -0.254. The maximum absolute atomic E-state index is 13.6. The number of hydrogen-bond donors (Lipinski definition) is 2. The molecule has 0 radical (unpaired) electrons. The van der Waals surface area contributed by atoms with E-state index in [4.69, 9.17) is 4.99 Å². The smallest absolute Gasteiger partial charge is 0.130 e. The number of benzene rings is 1. The Morgan fingerprint density at radius 3 is 2.93 bits per heavy atom. The molecule has 2 unspecified atom stereocenters. The van der Waals surface area contributed by atoms with Crippen molar-refractivity contribution in [3.63, 3.8) is 0 Å². The number of likely N-dealkylation sites (N-methyl/N-ethyl adjacent to an activating group) is 1. The lowest BCUT2D eigenvalue weighted by molar-refractivity contribution is 0.235. The predicted octanol–water partition coefficient (Wildman–Crippen LogP) is 3.18. The van der Waals surface area contributed by atoms with Crippen molar-refractivity contribution in [3.8, 4) is 0 Å². The molecular weight excluding hydrogens is 353 g/mol. The van der Waals surface area contributed by atoms with Gasteiger partial charge in [0.15, 0.2) is 0 Å². The van der Waals surface area contributed by atoms with Gasteiger partial charge in [-0.25, -0.2) is 9.38 Å². The van der Waals surface area contributed by atoms with Crippen molar-refractivity contribution in [2.75, 3.05) is 39.0 Å². The van der Waals surface area contributed by atoms with Crippen LogP contribution in [0.25, 0.3) is 0 Å². The standard InChI is InChI=1S/C22H28FN5/c1-27-11-5-7-17(15-27)22-26-21(25-19-9-3-8-18(23)12-19)13-20(28(22)2)16-6-4-10-24-14-16/h3-4,6,8-9,12-14,17,20,24-25H,5,7,10-11,15H2,1-2H3. The van der Waals surface area contributed by atoms with Crippen LogP contribution >= 0.6 is 0 Å². The Bertz CT molecular complexity index is 841. The van der Waals surface area contributed by atoms with Crippen LogP contribution in [0.15, 0.2) is 65.1 Å². The van der Waals surface area contributed by atoms with Crippen LogP contribution in [0.5, 0.6) is 0 Å². The normalized spacial score (nSPS) is 25.5. The van der Waals surface area contributed by atoms with Gasteiger partial charge in [-0.3, -0.25) is 0 Å². The van der Waals surface area contributed by atoms with Crippen LogP contribution < -0.4 is 10.6 Å². The number of hydrogen-bond acceptors (Lipinski definition) is 5. The van der Waals surface area contributed by atoms with Crippen LogP contribution in [-0.4, -0.2) is 55.4 Å². The molecule has 0 bridgehead atoms. The number of nitrogens with zero attached hydrogens (tertiary/aromatic N) is 3. The van der Waals surface area contributed by atoms with Gasteiger partial charge in [-0.1, -0.05) is 18.2 Å². The van der Waals surface area contributed by atoms with E-state index >= 15 is 0 Å². The molecule has 3 aliphatic rings.